The maximum atomic E-state index is 11.5. The Kier molecular flexibility index (Phi) is 3.65. The van der Waals surface area contributed by atoms with E-state index < -0.39 is 0 Å². The lowest BCUT2D eigenvalue weighted by atomic mass is 10.0. The molecule has 0 saturated carbocycles. The lowest BCUT2D eigenvalue weighted by Gasteiger charge is -2.25. The van der Waals surface area contributed by atoms with Crippen LogP contribution < -0.4 is 0 Å². The number of hydrogen-bond acceptors (Lipinski definition) is 3. The minimum atomic E-state index is -0.300. The summed E-state index contributed by atoms with van der Waals surface area (Å²) >= 11 is 0. The minimum Gasteiger partial charge on any atom is -0.363 e. The zero-order valence-electron chi connectivity index (χ0n) is 11.5. The van der Waals surface area contributed by atoms with E-state index in [-0.39, 0.29) is 18.0 Å². The lowest BCUT2D eigenvalue weighted by molar-refractivity contribution is -0.141. The first-order chi connectivity index (χ1) is 9.72. The van der Waals surface area contributed by atoms with Gasteiger partial charge in [-0.1, -0.05) is 30.3 Å². The van der Waals surface area contributed by atoms with Crippen LogP contribution in [0.15, 0.2) is 42.7 Å². The van der Waals surface area contributed by atoms with Crippen molar-refractivity contribution in [3.05, 3.63) is 53.9 Å². The number of benzene rings is 1. The fourth-order valence-electron chi connectivity index (χ4n) is 2.51. The van der Waals surface area contributed by atoms with Gasteiger partial charge in [0.25, 0.3) is 0 Å². The molecule has 1 aliphatic rings. The van der Waals surface area contributed by atoms with Crippen LogP contribution in [0.4, 0.5) is 0 Å². The van der Waals surface area contributed by atoms with Crippen LogP contribution in [0.5, 0.6) is 0 Å². The molecule has 4 nitrogen and oxygen atoms in total. The van der Waals surface area contributed by atoms with E-state index in [1.54, 1.807) is 0 Å². The van der Waals surface area contributed by atoms with Gasteiger partial charge in [-0.15, -0.1) is 0 Å². The van der Waals surface area contributed by atoms with Gasteiger partial charge in [0, 0.05) is 18.2 Å². The van der Waals surface area contributed by atoms with Gasteiger partial charge in [0.15, 0.2) is 5.78 Å². The van der Waals surface area contributed by atoms with Gasteiger partial charge in [0.1, 0.15) is 6.10 Å². The molecule has 1 aromatic heterocycles. The van der Waals surface area contributed by atoms with Crippen molar-refractivity contribution in [3.8, 4) is 0 Å². The summed E-state index contributed by atoms with van der Waals surface area (Å²) in [7, 11) is 0. The van der Waals surface area contributed by atoms with Gasteiger partial charge in [0.2, 0.25) is 0 Å². The Morgan fingerprint density at radius 1 is 1.35 bits per heavy atom. The number of aromatic nitrogens is 2. The topological polar surface area (TPSA) is 44.1 Å². The molecule has 0 bridgehead atoms. The molecule has 2 heterocycles. The molecule has 0 amide bonds. The number of ether oxygens (including phenoxy) is 1. The largest absolute Gasteiger partial charge is 0.363 e. The van der Waals surface area contributed by atoms with Crippen LogP contribution in [-0.2, 0) is 16.1 Å². The highest BCUT2D eigenvalue weighted by Crippen LogP contribution is 2.29. The van der Waals surface area contributed by atoms with Crippen LogP contribution in [0.2, 0.25) is 0 Å². The van der Waals surface area contributed by atoms with Gasteiger partial charge < -0.3 is 4.74 Å². The molecule has 2 atom stereocenters. The molecule has 3 rings (SSSR count). The van der Waals surface area contributed by atoms with E-state index in [2.05, 4.69) is 17.2 Å². The molecule has 0 aliphatic carbocycles. The van der Waals surface area contributed by atoms with Gasteiger partial charge in [-0.05, 0) is 18.9 Å². The molecule has 0 spiro atoms. The quantitative estimate of drug-likeness (QED) is 0.861. The summed E-state index contributed by atoms with van der Waals surface area (Å²) in [6.45, 7) is 2.57. The van der Waals surface area contributed by atoms with Crippen molar-refractivity contribution < 1.29 is 9.53 Å². The van der Waals surface area contributed by atoms with Gasteiger partial charge >= 0.3 is 0 Å². The highest BCUT2D eigenvalue weighted by Gasteiger charge is 2.27. The maximum absolute atomic E-state index is 11.5. The number of ketones is 1. The predicted octanol–water partition coefficient (Wildman–Crippen LogP) is 2.74. The Bertz CT molecular complexity index is 592. The third-order valence-corrected chi connectivity index (χ3v) is 3.69. The van der Waals surface area contributed by atoms with Crippen LogP contribution in [0.3, 0.4) is 0 Å². The van der Waals surface area contributed by atoms with E-state index in [1.807, 2.05) is 42.2 Å². The molecule has 1 saturated heterocycles. The summed E-state index contributed by atoms with van der Waals surface area (Å²) in [6.07, 6.45) is 4.89. The number of Topliss-reactive ketones (excluding diaryl/α,β-unsaturated/α-hetero) is 1. The molecule has 0 N–H and O–H groups in total. The molecule has 2 unspecified atom stereocenters. The van der Waals surface area contributed by atoms with Crippen molar-refractivity contribution in [1.82, 2.24) is 9.78 Å². The molecule has 1 aromatic carbocycles. The summed E-state index contributed by atoms with van der Waals surface area (Å²) < 4.78 is 7.66. The number of rotatable bonds is 3. The SMILES string of the molecule is CC1OC(c2cnn(Cc3ccccc3)c2)CCC1=O. The Morgan fingerprint density at radius 3 is 2.90 bits per heavy atom. The Hall–Kier alpha value is -1.94. The summed E-state index contributed by atoms with van der Waals surface area (Å²) in [5, 5.41) is 4.38. The highest BCUT2D eigenvalue weighted by atomic mass is 16.5. The van der Waals surface area contributed by atoms with Crippen LogP contribution in [0.1, 0.15) is 37.0 Å². The normalized spacial score (nSPS) is 22.9. The molecule has 4 heteroatoms. The van der Waals surface area contributed by atoms with Crippen molar-refractivity contribution in [1.29, 1.82) is 0 Å². The van der Waals surface area contributed by atoms with E-state index in [0.29, 0.717) is 6.42 Å². The first-order valence-corrected chi connectivity index (χ1v) is 6.97. The third kappa shape index (κ3) is 2.80. The fourth-order valence-corrected chi connectivity index (χ4v) is 2.51. The van der Waals surface area contributed by atoms with E-state index in [9.17, 15) is 4.79 Å². The molecular weight excluding hydrogens is 252 g/mol. The summed E-state index contributed by atoms with van der Waals surface area (Å²) in [4.78, 5) is 11.5. The van der Waals surface area contributed by atoms with Crippen LogP contribution in [0, 0.1) is 0 Å². The Morgan fingerprint density at radius 2 is 2.15 bits per heavy atom. The van der Waals surface area contributed by atoms with Crippen molar-refractivity contribution in [2.75, 3.05) is 0 Å². The van der Waals surface area contributed by atoms with Crippen LogP contribution in [-0.4, -0.2) is 21.7 Å². The summed E-state index contributed by atoms with van der Waals surface area (Å²) in [6, 6.07) is 10.2. The maximum Gasteiger partial charge on any atom is 0.161 e. The van der Waals surface area contributed by atoms with Gasteiger partial charge in [-0.3, -0.25) is 9.48 Å². The number of carbonyl (C=O) groups excluding carboxylic acids is 1. The second kappa shape index (κ2) is 5.59. The van der Waals surface area contributed by atoms with Gasteiger partial charge in [-0.25, -0.2) is 0 Å². The van der Waals surface area contributed by atoms with E-state index in [4.69, 9.17) is 4.74 Å². The van der Waals surface area contributed by atoms with E-state index >= 15 is 0 Å². The summed E-state index contributed by atoms with van der Waals surface area (Å²) in [5.74, 6) is 0.193. The molecule has 20 heavy (non-hydrogen) atoms. The van der Waals surface area contributed by atoms with Gasteiger partial charge in [0.05, 0.1) is 18.8 Å². The third-order valence-electron chi connectivity index (χ3n) is 3.69. The Balaban J connectivity index is 1.69. The van der Waals surface area contributed by atoms with E-state index in [0.717, 1.165) is 18.5 Å². The zero-order valence-corrected chi connectivity index (χ0v) is 11.5. The first-order valence-electron chi connectivity index (χ1n) is 6.97. The molecule has 1 aliphatic heterocycles. The van der Waals surface area contributed by atoms with Crippen molar-refractivity contribution in [2.45, 2.75) is 38.5 Å². The van der Waals surface area contributed by atoms with Crippen molar-refractivity contribution in [3.63, 3.8) is 0 Å². The number of nitrogens with zero attached hydrogens (tertiary/aromatic N) is 2. The minimum absolute atomic E-state index is 0.00720. The average molecular weight is 270 g/mol. The smallest absolute Gasteiger partial charge is 0.161 e. The predicted molar refractivity (Wildman–Crippen MR) is 75.3 cm³/mol. The molecule has 104 valence electrons. The zero-order chi connectivity index (χ0) is 13.9. The van der Waals surface area contributed by atoms with Gasteiger partial charge in [-0.2, -0.15) is 5.10 Å². The fraction of sp³-hybridized carbons (Fsp3) is 0.375. The molecular formula is C16H18N2O2. The monoisotopic (exact) mass is 270 g/mol. The van der Waals surface area contributed by atoms with Crippen molar-refractivity contribution >= 4 is 5.78 Å². The highest BCUT2D eigenvalue weighted by molar-refractivity contribution is 5.83. The number of hydrogen-bond donors (Lipinski definition) is 0. The van der Waals surface area contributed by atoms with Crippen LogP contribution >= 0.6 is 0 Å². The standard InChI is InChI=1S/C16H18N2O2/c1-12-15(19)7-8-16(20-12)14-9-17-18(11-14)10-13-5-3-2-4-6-13/h2-6,9,11-12,16H,7-8,10H2,1H3. The lowest BCUT2D eigenvalue weighted by Crippen LogP contribution is -2.28. The molecule has 0 radical (unpaired) electrons. The first kappa shape index (κ1) is 13.1. The molecule has 1 fully saturated rings. The second-order valence-corrected chi connectivity index (χ2v) is 5.23. The molecule has 2 aromatic rings. The second-order valence-electron chi connectivity index (χ2n) is 5.23. The summed E-state index contributed by atoms with van der Waals surface area (Å²) in [5.41, 5.74) is 2.27. The van der Waals surface area contributed by atoms with Crippen LogP contribution in [0.25, 0.3) is 0 Å². The average Bonchev–Trinajstić information content (AvgIpc) is 2.91. The Labute approximate surface area is 118 Å². The van der Waals surface area contributed by atoms with E-state index in [1.165, 1.54) is 5.56 Å². The van der Waals surface area contributed by atoms with Crippen molar-refractivity contribution in [2.24, 2.45) is 0 Å². The number of carbonyl (C=O) groups is 1.